The maximum atomic E-state index is 11.9. The van der Waals surface area contributed by atoms with Crippen molar-refractivity contribution < 1.29 is 9.53 Å². The Morgan fingerprint density at radius 2 is 1.96 bits per heavy atom. The Balaban J connectivity index is 1.52. The third kappa shape index (κ3) is 3.77. The molecule has 136 valence electrons. The SMILES string of the molecule is COc1ccc2c(c1)[C@H](CCNC(=O)C1CC1)C[C@@H](c1ccccc1)C2. The molecule has 0 saturated heterocycles. The smallest absolute Gasteiger partial charge is 0.223 e. The number of carbonyl (C=O) groups is 1. The number of fused-ring (bicyclic) bond motifs is 1. The van der Waals surface area contributed by atoms with Gasteiger partial charge in [0.25, 0.3) is 0 Å². The minimum absolute atomic E-state index is 0.242. The van der Waals surface area contributed by atoms with E-state index in [9.17, 15) is 4.79 Å². The maximum absolute atomic E-state index is 11.9. The van der Waals surface area contributed by atoms with Crippen molar-refractivity contribution in [3.63, 3.8) is 0 Å². The quantitative estimate of drug-likeness (QED) is 0.838. The predicted octanol–water partition coefficient (Wildman–Crippen LogP) is 4.43. The van der Waals surface area contributed by atoms with Crippen LogP contribution < -0.4 is 10.1 Å². The van der Waals surface area contributed by atoms with Gasteiger partial charge in [0.1, 0.15) is 5.75 Å². The Morgan fingerprint density at radius 3 is 2.69 bits per heavy atom. The van der Waals surface area contributed by atoms with Crippen LogP contribution in [0.4, 0.5) is 0 Å². The van der Waals surface area contributed by atoms with E-state index in [0.29, 0.717) is 11.8 Å². The molecule has 1 N–H and O–H groups in total. The molecule has 1 amide bonds. The van der Waals surface area contributed by atoms with Crippen LogP contribution in [-0.2, 0) is 11.2 Å². The molecule has 2 aromatic rings. The molecule has 2 aliphatic carbocycles. The summed E-state index contributed by atoms with van der Waals surface area (Å²) in [4.78, 5) is 11.9. The van der Waals surface area contributed by atoms with Gasteiger partial charge in [0.15, 0.2) is 0 Å². The van der Waals surface area contributed by atoms with E-state index in [4.69, 9.17) is 4.74 Å². The zero-order valence-electron chi connectivity index (χ0n) is 15.4. The molecular formula is C23H27NO2. The van der Waals surface area contributed by atoms with Gasteiger partial charge in [-0.15, -0.1) is 0 Å². The number of ether oxygens (including phenoxy) is 1. The number of rotatable bonds is 6. The van der Waals surface area contributed by atoms with E-state index in [1.165, 1.54) is 16.7 Å². The molecule has 0 aromatic heterocycles. The lowest BCUT2D eigenvalue weighted by atomic mass is 9.73. The normalized spacial score (nSPS) is 21.7. The molecule has 3 nitrogen and oxygen atoms in total. The Kier molecular flexibility index (Phi) is 4.96. The summed E-state index contributed by atoms with van der Waals surface area (Å²) in [6, 6.07) is 17.3. The predicted molar refractivity (Wildman–Crippen MR) is 104 cm³/mol. The van der Waals surface area contributed by atoms with Gasteiger partial charge >= 0.3 is 0 Å². The average Bonchev–Trinajstić information content (AvgIpc) is 3.53. The minimum atomic E-state index is 0.242. The van der Waals surface area contributed by atoms with E-state index in [-0.39, 0.29) is 11.8 Å². The summed E-state index contributed by atoms with van der Waals surface area (Å²) in [6.45, 7) is 0.762. The van der Waals surface area contributed by atoms with Crippen molar-refractivity contribution in [1.29, 1.82) is 0 Å². The summed E-state index contributed by atoms with van der Waals surface area (Å²) in [5, 5.41) is 3.14. The van der Waals surface area contributed by atoms with Gasteiger partial charge in [-0.3, -0.25) is 4.79 Å². The highest BCUT2D eigenvalue weighted by Crippen LogP contribution is 2.42. The zero-order valence-corrected chi connectivity index (χ0v) is 15.4. The second-order valence-electron chi connectivity index (χ2n) is 7.66. The van der Waals surface area contributed by atoms with E-state index in [2.05, 4.69) is 53.8 Å². The number of hydrogen-bond donors (Lipinski definition) is 1. The molecule has 4 rings (SSSR count). The van der Waals surface area contributed by atoms with Crippen molar-refractivity contribution in [3.8, 4) is 5.75 Å². The lowest BCUT2D eigenvalue weighted by molar-refractivity contribution is -0.122. The highest BCUT2D eigenvalue weighted by atomic mass is 16.5. The standard InChI is InChI=1S/C23H27NO2/c1-26-21-10-9-18-13-20(16-5-3-2-4-6-16)14-19(22(18)15-21)11-12-24-23(25)17-7-8-17/h2-6,9-10,15,17,19-20H,7-8,11-14H2,1H3,(H,24,25)/t19-,20+/m1/s1. The lowest BCUT2D eigenvalue weighted by Crippen LogP contribution is -2.28. The topological polar surface area (TPSA) is 38.3 Å². The molecule has 0 aliphatic heterocycles. The van der Waals surface area contributed by atoms with Crippen molar-refractivity contribution >= 4 is 5.91 Å². The third-order valence-electron chi connectivity index (χ3n) is 5.84. The van der Waals surface area contributed by atoms with Gasteiger partial charge < -0.3 is 10.1 Å². The summed E-state index contributed by atoms with van der Waals surface area (Å²) in [5.41, 5.74) is 4.24. The first-order valence-electron chi connectivity index (χ1n) is 9.74. The second-order valence-corrected chi connectivity index (χ2v) is 7.66. The number of nitrogens with one attached hydrogen (secondary N) is 1. The number of hydrogen-bond acceptors (Lipinski definition) is 2. The van der Waals surface area contributed by atoms with Crippen LogP contribution in [-0.4, -0.2) is 19.6 Å². The molecule has 3 heteroatoms. The van der Waals surface area contributed by atoms with Crippen LogP contribution in [0.3, 0.4) is 0 Å². The molecule has 0 unspecified atom stereocenters. The van der Waals surface area contributed by atoms with Gasteiger partial charge in [0, 0.05) is 12.5 Å². The lowest BCUT2D eigenvalue weighted by Gasteiger charge is -2.32. The Hall–Kier alpha value is -2.29. The summed E-state index contributed by atoms with van der Waals surface area (Å²) >= 11 is 0. The molecule has 2 atom stereocenters. The number of methoxy groups -OCH3 is 1. The summed E-state index contributed by atoms with van der Waals surface area (Å²) in [7, 11) is 1.72. The van der Waals surface area contributed by atoms with Crippen LogP contribution in [0, 0.1) is 5.92 Å². The molecular weight excluding hydrogens is 322 g/mol. The average molecular weight is 349 g/mol. The van der Waals surface area contributed by atoms with Gasteiger partial charge in [-0.2, -0.15) is 0 Å². The van der Waals surface area contributed by atoms with Crippen molar-refractivity contribution in [2.24, 2.45) is 5.92 Å². The van der Waals surface area contributed by atoms with Gasteiger partial charge in [-0.05, 0) is 72.8 Å². The Morgan fingerprint density at radius 1 is 1.15 bits per heavy atom. The molecule has 2 aliphatic rings. The number of carbonyl (C=O) groups excluding carboxylic acids is 1. The summed E-state index contributed by atoms with van der Waals surface area (Å²) < 4.78 is 5.45. The fourth-order valence-corrected chi connectivity index (χ4v) is 4.20. The first kappa shape index (κ1) is 17.1. The van der Waals surface area contributed by atoms with Gasteiger partial charge in [-0.25, -0.2) is 0 Å². The molecule has 1 fully saturated rings. The zero-order chi connectivity index (χ0) is 17.9. The highest BCUT2D eigenvalue weighted by molar-refractivity contribution is 5.80. The van der Waals surface area contributed by atoms with Gasteiger partial charge in [0.2, 0.25) is 5.91 Å². The van der Waals surface area contributed by atoms with E-state index in [0.717, 1.165) is 44.4 Å². The Labute approximate surface area is 155 Å². The fraction of sp³-hybridized carbons (Fsp3) is 0.435. The second kappa shape index (κ2) is 7.53. The molecule has 0 radical (unpaired) electrons. The van der Waals surface area contributed by atoms with Crippen molar-refractivity contribution in [2.45, 2.75) is 43.9 Å². The molecule has 1 saturated carbocycles. The molecule has 0 spiro atoms. The van der Waals surface area contributed by atoms with Gasteiger partial charge in [-0.1, -0.05) is 36.4 Å². The minimum Gasteiger partial charge on any atom is -0.497 e. The van der Waals surface area contributed by atoms with E-state index < -0.39 is 0 Å². The van der Waals surface area contributed by atoms with E-state index in [1.807, 2.05) is 0 Å². The van der Waals surface area contributed by atoms with E-state index >= 15 is 0 Å². The highest BCUT2D eigenvalue weighted by Gasteiger charge is 2.31. The van der Waals surface area contributed by atoms with Crippen LogP contribution in [0.5, 0.6) is 5.75 Å². The molecule has 26 heavy (non-hydrogen) atoms. The molecule has 0 heterocycles. The monoisotopic (exact) mass is 349 g/mol. The Bertz CT molecular complexity index is 767. The summed E-state index contributed by atoms with van der Waals surface area (Å²) in [6.07, 6.45) is 5.32. The maximum Gasteiger partial charge on any atom is 0.223 e. The first-order chi connectivity index (χ1) is 12.7. The number of benzene rings is 2. The largest absolute Gasteiger partial charge is 0.497 e. The van der Waals surface area contributed by atoms with Crippen LogP contribution in [0.25, 0.3) is 0 Å². The van der Waals surface area contributed by atoms with Crippen molar-refractivity contribution in [3.05, 3.63) is 65.2 Å². The van der Waals surface area contributed by atoms with Gasteiger partial charge in [0.05, 0.1) is 7.11 Å². The third-order valence-corrected chi connectivity index (χ3v) is 5.84. The van der Waals surface area contributed by atoms with Crippen molar-refractivity contribution in [1.82, 2.24) is 5.32 Å². The van der Waals surface area contributed by atoms with Crippen LogP contribution in [0.15, 0.2) is 48.5 Å². The molecule has 0 bridgehead atoms. The van der Waals surface area contributed by atoms with Crippen molar-refractivity contribution in [2.75, 3.05) is 13.7 Å². The van der Waals surface area contributed by atoms with E-state index in [1.54, 1.807) is 7.11 Å². The van der Waals surface area contributed by atoms with Crippen LogP contribution in [0.2, 0.25) is 0 Å². The number of amides is 1. The first-order valence-corrected chi connectivity index (χ1v) is 9.74. The summed E-state index contributed by atoms with van der Waals surface area (Å²) in [5.74, 6) is 2.45. The molecule has 2 aromatic carbocycles. The van der Waals surface area contributed by atoms with Crippen LogP contribution in [0.1, 0.15) is 54.2 Å². The fourth-order valence-electron chi connectivity index (χ4n) is 4.20. The van der Waals surface area contributed by atoms with Crippen LogP contribution >= 0.6 is 0 Å².